The van der Waals surface area contributed by atoms with Crippen molar-refractivity contribution < 1.29 is 18.0 Å². The molecule has 9 heteroatoms. The number of anilines is 2. The number of hydrogen-bond acceptors (Lipinski definition) is 6. The predicted octanol–water partition coefficient (Wildman–Crippen LogP) is 3.71. The fourth-order valence-electron chi connectivity index (χ4n) is 2.45. The molecular formula is C19H17N3O4S2. The molecule has 7 nitrogen and oxygen atoms in total. The number of Topliss-reactive ketones (excluding diaryl/α,β-unsaturated/α-hetero) is 1. The number of nitrogens with zero attached hydrogens (tertiary/aromatic N) is 1. The monoisotopic (exact) mass is 415 g/mol. The standard InChI is InChI=1S/C19H17N3O4S2/c1-12-17(13(2)23)27-19(20-12)21-18(24)14-8-10-15(11-9-14)22-28(25,26)16-6-4-3-5-7-16/h3-11,22H,1-2H3,(H,20,21,24). The zero-order valence-electron chi connectivity index (χ0n) is 15.1. The van der Waals surface area contributed by atoms with Gasteiger partial charge in [-0.3, -0.25) is 19.6 Å². The molecule has 0 spiro atoms. The summed E-state index contributed by atoms with van der Waals surface area (Å²) < 4.78 is 27.1. The molecule has 0 bridgehead atoms. The van der Waals surface area contributed by atoms with Gasteiger partial charge in [0.2, 0.25) is 0 Å². The van der Waals surface area contributed by atoms with Crippen molar-refractivity contribution in [3.8, 4) is 0 Å². The second-order valence-corrected chi connectivity index (χ2v) is 8.62. The summed E-state index contributed by atoms with van der Waals surface area (Å²) >= 11 is 1.11. The smallest absolute Gasteiger partial charge is 0.261 e. The number of benzene rings is 2. The van der Waals surface area contributed by atoms with E-state index in [2.05, 4.69) is 15.0 Å². The van der Waals surface area contributed by atoms with Crippen LogP contribution in [-0.2, 0) is 10.0 Å². The summed E-state index contributed by atoms with van der Waals surface area (Å²) in [5.41, 5.74) is 1.24. The SMILES string of the molecule is CC(=O)c1sc(NC(=O)c2ccc(NS(=O)(=O)c3ccccc3)cc2)nc1C. The van der Waals surface area contributed by atoms with E-state index in [1.807, 2.05) is 0 Å². The summed E-state index contributed by atoms with van der Waals surface area (Å²) in [7, 11) is -3.70. The van der Waals surface area contributed by atoms with Gasteiger partial charge in [-0.2, -0.15) is 0 Å². The lowest BCUT2D eigenvalue weighted by Gasteiger charge is -2.08. The zero-order valence-corrected chi connectivity index (χ0v) is 16.7. The van der Waals surface area contributed by atoms with E-state index < -0.39 is 15.9 Å². The Kier molecular flexibility index (Phi) is 5.57. The maximum absolute atomic E-state index is 12.4. The molecule has 1 aromatic heterocycles. The van der Waals surface area contributed by atoms with E-state index in [9.17, 15) is 18.0 Å². The Balaban J connectivity index is 1.71. The van der Waals surface area contributed by atoms with Gasteiger partial charge < -0.3 is 0 Å². The molecule has 3 aromatic rings. The van der Waals surface area contributed by atoms with Crippen molar-refractivity contribution >= 4 is 43.9 Å². The minimum absolute atomic E-state index is 0.106. The molecule has 1 heterocycles. The molecule has 3 rings (SSSR count). The van der Waals surface area contributed by atoms with Crippen molar-refractivity contribution in [1.29, 1.82) is 0 Å². The summed E-state index contributed by atoms with van der Waals surface area (Å²) in [4.78, 5) is 28.7. The van der Waals surface area contributed by atoms with Crippen molar-refractivity contribution in [2.75, 3.05) is 10.0 Å². The molecule has 144 valence electrons. The lowest BCUT2D eigenvalue weighted by atomic mass is 10.2. The van der Waals surface area contributed by atoms with Gasteiger partial charge in [0.15, 0.2) is 10.9 Å². The van der Waals surface area contributed by atoms with Crippen LogP contribution in [0.4, 0.5) is 10.8 Å². The molecule has 0 saturated carbocycles. The number of thiazole rings is 1. The van der Waals surface area contributed by atoms with Gasteiger partial charge in [0, 0.05) is 18.2 Å². The van der Waals surface area contributed by atoms with E-state index >= 15 is 0 Å². The third kappa shape index (κ3) is 4.44. The highest BCUT2D eigenvalue weighted by Gasteiger charge is 2.16. The van der Waals surface area contributed by atoms with Gasteiger partial charge in [-0.05, 0) is 43.3 Å². The van der Waals surface area contributed by atoms with Crippen LogP contribution in [0.3, 0.4) is 0 Å². The van der Waals surface area contributed by atoms with Gasteiger partial charge in [0.05, 0.1) is 15.5 Å². The van der Waals surface area contributed by atoms with Crippen LogP contribution in [0.2, 0.25) is 0 Å². The average molecular weight is 415 g/mol. The predicted molar refractivity (Wildman–Crippen MR) is 109 cm³/mol. The second-order valence-electron chi connectivity index (χ2n) is 5.94. The van der Waals surface area contributed by atoms with Crippen molar-refractivity contribution in [1.82, 2.24) is 4.98 Å². The quantitative estimate of drug-likeness (QED) is 0.597. The molecule has 0 atom stereocenters. The number of aryl methyl sites for hydroxylation is 1. The van der Waals surface area contributed by atoms with Gasteiger partial charge in [-0.25, -0.2) is 13.4 Å². The summed E-state index contributed by atoms with van der Waals surface area (Å²) in [5, 5.41) is 2.98. The van der Waals surface area contributed by atoms with Gasteiger partial charge in [-0.15, -0.1) is 0 Å². The number of carbonyl (C=O) groups is 2. The Bertz CT molecular complexity index is 1120. The van der Waals surface area contributed by atoms with Crippen molar-refractivity contribution in [2.24, 2.45) is 0 Å². The highest BCUT2D eigenvalue weighted by atomic mass is 32.2. The maximum Gasteiger partial charge on any atom is 0.261 e. The fourth-order valence-corrected chi connectivity index (χ4v) is 4.39. The van der Waals surface area contributed by atoms with E-state index in [4.69, 9.17) is 0 Å². The summed E-state index contributed by atoms with van der Waals surface area (Å²) in [6.07, 6.45) is 0. The second kappa shape index (κ2) is 7.91. The molecule has 0 saturated heterocycles. The molecule has 0 fully saturated rings. The maximum atomic E-state index is 12.4. The van der Waals surface area contributed by atoms with Crippen LogP contribution in [-0.4, -0.2) is 25.1 Å². The highest BCUT2D eigenvalue weighted by molar-refractivity contribution is 7.92. The van der Waals surface area contributed by atoms with Crippen LogP contribution in [0.1, 0.15) is 32.6 Å². The van der Waals surface area contributed by atoms with Crippen LogP contribution in [0.15, 0.2) is 59.5 Å². The molecular weight excluding hydrogens is 398 g/mol. The Labute approximate surface area is 166 Å². The molecule has 0 aliphatic rings. The highest BCUT2D eigenvalue weighted by Crippen LogP contribution is 2.24. The number of ketones is 1. The summed E-state index contributed by atoms with van der Waals surface area (Å²) in [6.45, 7) is 3.15. The fraction of sp³-hybridized carbons (Fsp3) is 0.105. The van der Waals surface area contributed by atoms with Gasteiger partial charge in [-0.1, -0.05) is 29.5 Å². The van der Waals surface area contributed by atoms with Crippen molar-refractivity contribution in [2.45, 2.75) is 18.7 Å². The van der Waals surface area contributed by atoms with E-state index in [1.54, 1.807) is 25.1 Å². The lowest BCUT2D eigenvalue weighted by molar-refractivity contribution is 0.101. The van der Waals surface area contributed by atoms with E-state index in [0.717, 1.165) is 11.3 Å². The molecule has 1 amide bonds. The molecule has 2 N–H and O–H groups in total. The zero-order chi connectivity index (χ0) is 20.3. The van der Waals surface area contributed by atoms with Gasteiger partial charge in [0.1, 0.15) is 0 Å². The lowest BCUT2D eigenvalue weighted by Crippen LogP contribution is -2.14. The first-order chi connectivity index (χ1) is 13.3. The third-order valence-electron chi connectivity index (χ3n) is 3.79. The number of hydrogen-bond donors (Lipinski definition) is 2. The average Bonchev–Trinajstić information content (AvgIpc) is 3.03. The number of nitrogens with one attached hydrogen (secondary N) is 2. The number of sulfonamides is 1. The molecule has 2 aromatic carbocycles. The van der Waals surface area contributed by atoms with E-state index in [1.165, 1.54) is 43.3 Å². The Hall–Kier alpha value is -3.04. The van der Waals surface area contributed by atoms with E-state index in [-0.39, 0.29) is 10.7 Å². The van der Waals surface area contributed by atoms with E-state index in [0.29, 0.717) is 27.0 Å². The first-order valence-corrected chi connectivity index (χ1v) is 10.5. The first-order valence-electron chi connectivity index (χ1n) is 8.24. The minimum atomic E-state index is -3.70. The Morgan fingerprint density at radius 1 is 1.00 bits per heavy atom. The van der Waals surface area contributed by atoms with Crippen molar-refractivity contribution in [3.63, 3.8) is 0 Å². The number of carbonyl (C=O) groups excluding carboxylic acids is 2. The summed E-state index contributed by atoms with van der Waals surface area (Å²) in [6, 6.07) is 14.0. The minimum Gasteiger partial charge on any atom is -0.298 e. The van der Waals surface area contributed by atoms with Crippen LogP contribution in [0.25, 0.3) is 0 Å². The number of rotatable bonds is 6. The largest absolute Gasteiger partial charge is 0.298 e. The van der Waals surface area contributed by atoms with Crippen LogP contribution < -0.4 is 10.0 Å². The van der Waals surface area contributed by atoms with Crippen molar-refractivity contribution in [3.05, 3.63) is 70.7 Å². The molecule has 0 aliphatic carbocycles. The molecule has 0 radical (unpaired) electrons. The van der Waals surface area contributed by atoms with Crippen LogP contribution in [0, 0.1) is 6.92 Å². The van der Waals surface area contributed by atoms with Gasteiger partial charge >= 0.3 is 0 Å². The molecule has 0 unspecified atom stereocenters. The van der Waals surface area contributed by atoms with Crippen LogP contribution >= 0.6 is 11.3 Å². The van der Waals surface area contributed by atoms with Crippen LogP contribution in [0.5, 0.6) is 0 Å². The first kappa shape index (κ1) is 19.7. The topological polar surface area (TPSA) is 105 Å². The summed E-state index contributed by atoms with van der Waals surface area (Å²) in [5.74, 6) is -0.508. The van der Waals surface area contributed by atoms with Gasteiger partial charge in [0.25, 0.3) is 15.9 Å². The number of aromatic nitrogens is 1. The molecule has 0 aliphatic heterocycles. The Morgan fingerprint density at radius 3 is 2.21 bits per heavy atom. The Morgan fingerprint density at radius 2 is 1.64 bits per heavy atom. The number of amides is 1. The third-order valence-corrected chi connectivity index (χ3v) is 6.36. The molecule has 28 heavy (non-hydrogen) atoms. The normalized spacial score (nSPS) is 11.1.